The molecular weight excluding hydrogens is 1620 g/mol. The van der Waals surface area contributed by atoms with Gasteiger partial charge in [0.25, 0.3) is 0 Å². The second-order valence-electron chi connectivity index (χ2n) is 33.2. The van der Waals surface area contributed by atoms with Gasteiger partial charge in [-0.3, -0.25) is 0 Å². The highest BCUT2D eigenvalue weighted by atomic mass is 32.3. The molecule has 12 aliphatic heterocycles. The summed E-state index contributed by atoms with van der Waals surface area (Å²) in [5.41, 5.74) is 3.81. The maximum absolute atomic E-state index is 12.3. The van der Waals surface area contributed by atoms with Crippen LogP contribution in [0.25, 0.3) is 0 Å². The first kappa shape index (κ1) is 88.7. The van der Waals surface area contributed by atoms with Crippen LogP contribution >= 0.6 is 0 Å². The number of ether oxygens (including phenoxy) is 20. The first-order valence-corrected chi connectivity index (χ1v) is 43.1. The summed E-state index contributed by atoms with van der Waals surface area (Å²) in [6.45, 7) is 34.6. The van der Waals surface area contributed by atoms with E-state index in [1.54, 1.807) is 196 Å². The van der Waals surface area contributed by atoms with Crippen molar-refractivity contribution in [2.24, 2.45) is 0 Å². The Hall–Kier alpha value is -5.08. The molecular formula is C76H104O36S4. The van der Waals surface area contributed by atoms with Gasteiger partial charge in [0.15, 0.2) is 71.5 Å². The topological polar surface area (TPSA) is 395 Å². The lowest BCUT2D eigenvalue weighted by Gasteiger charge is -2.36. The van der Waals surface area contributed by atoms with Crippen LogP contribution in [0.15, 0.2) is 97.1 Å². The number of hydrogen-bond donors (Lipinski definition) is 0. The number of hydrogen-bond acceptors (Lipinski definition) is 36. The Bertz CT molecular complexity index is 4220. The van der Waals surface area contributed by atoms with E-state index in [0.717, 1.165) is 22.3 Å². The molecule has 8 unspecified atom stereocenters. The molecule has 116 heavy (non-hydrogen) atoms. The van der Waals surface area contributed by atoms with E-state index in [9.17, 15) is 33.7 Å². The van der Waals surface area contributed by atoms with Gasteiger partial charge in [-0.1, -0.05) is 65.2 Å². The van der Waals surface area contributed by atoms with Crippen molar-refractivity contribution in [3.8, 4) is 23.0 Å². The van der Waals surface area contributed by atoms with Gasteiger partial charge in [0.1, 0.15) is 121 Å². The standard InChI is InChI=1S/4C19H26O9S/c3*1-11-6-8-12(9-7-11)28-29(20,21)22-10-13-14-15(25-18(2,3)24-14)16-17(23-13)27-19(4,5)26-16;1-11-7-6-8-12(9-11)28-29(20,21)22-10-13-14-15(25-18(2,3)24-14)16-17(23-13)27-19(4,5)26-16/h4*6-9,13-17H,10H2,1-5H3/t4*13?,14-,15-,16?,17+/m0000/s1. The average Bonchev–Trinajstić information content (AvgIpc) is 1.61. The van der Waals surface area contributed by atoms with Crippen LogP contribution in [0.2, 0.25) is 0 Å². The maximum Gasteiger partial charge on any atom is 0.449 e. The van der Waals surface area contributed by atoms with E-state index < -0.39 is 211 Å². The quantitative estimate of drug-likeness (QED) is 0.0805. The minimum Gasteiger partial charge on any atom is -0.362 e. The van der Waals surface area contributed by atoms with Gasteiger partial charge in [0.05, 0.1) is 26.4 Å². The van der Waals surface area contributed by atoms with Crippen LogP contribution in [-0.2, 0) is 153 Å². The van der Waals surface area contributed by atoms with Crippen LogP contribution in [0, 0.1) is 27.7 Å². The van der Waals surface area contributed by atoms with Crippen LogP contribution in [0.5, 0.6) is 23.0 Å². The third-order valence-corrected chi connectivity index (χ3v) is 22.6. The number of aryl methyl sites for hydroxylation is 4. The summed E-state index contributed by atoms with van der Waals surface area (Å²) in [5, 5.41) is 0. The predicted molar refractivity (Wildman–Crippen MR) is 397 cm³/mol. The summed E-state index contributed by atoms with van der Waals surface area (Å²) in [6, 6.07) is 26.4. The molecule has 0 N–H and O–H groups in total. The van der Waals surface area contributed by atoms with Gasteiger partial charge in [-0.25, -0.2) is 16.7 Å². The van der Waals surface area contributed by atoms with Crippen molar-refractivity contribution >= 4 is 41.6 Å². The third kappa shape index (κ3) is 22.2. The molecule has 16 rings (SSSR count). The summed E-state index contributed by atoms with van der Waals surface area (Å²) < 4.78 is 256. The van der Waals surface area contributed by atoms with Gasteiger partial charge in [-0.2, -0.15) is 33.7 Å². The van der Waals surface area contributed by atoms with Crippen LogP contribution in [0.3, 0.4) is 0 Å². The normalized spacial score (nSPS) is 35.1. The van der Waals surface area contributed by atoms with Crippen molar-refractivity contribution in [1.82, 2.24) is 0 Å². The summed E-state index contributed by atoms with van der Waals surface area (Å²) in [5.74, 6) is -6.27. The Morgan fingerprint density at radius 2 is 0.440 bits per heavy atom. The molecule has 0 aliphatic carbocycles. The Labute approximate surface area is 676 Å². The fourth-order valence-corrected chi connectivity index (χ4v) is 17.7. The SMILES string of the molecule is Cc1ccc(OS(=O)(=O)OCC2O[C@@H]3OC(C)(C)OC3[C@H]3OC(C)(C)O[C@@H]23)cc1.Cc1ccc(OS(=O)(=O)OCC2O[C@@H]3OC(C)(C)OC3[C@H]3OC(C)(C)O[C@@H]23)cc1.Cc1ccc(OS(=O)(=O)OCC2O[C@@H]3OC(C)(C)OC3[C@H]3OC(C)(C)O[C@@H]23)cc1.Cc1cccc(OS(=O)(=O)OCC2O[C@@H]3OC(C)(C)OC3[C@H]3OC(C)(C)O[C@@H]23)c1. The van der Waals surface area contributed by atoms with Crippen molar-refractivity contribution in [1.29, 1.82) is 0 Å². The molecule has 40 heteroatoms. The molecule has 36 nitrogen and oxygen atoms in total. The number of fused-ring (bicyclic) bond motifs is 12. The lowest BCUT2D eigenvalue weighted by atomic mass is 9.99. The van der Waals surface area contributed by atoms with Crippen molar-refractivity contribution in [2.45, 2.75) is 308 Å². The van der Waals surface area contributed by atoms with Crippen molar-refractivity contribution < 1.29 is 162 Å². The van der Waals surface area contributed by atoms with Gasteiger partial charge < -0.3 is 111 Å². The predicted octanol–water partition coefficient (Wildman–Crippen LogP) is 8.13. The summed E-state index contributed by atoms with van der Waals surface area (Å²) in [4.78, 5) is 0. The molecule has 0 radical (unpaired) electrons. The second kappa shape index (κ2) is 33.0. The zero-order valence-electron chi connectivity index (χ0n) is 67.9. The van der Waals surface area contributed by atoms with Gasteiger partial charge >= 0.3 is 41.6 Å². The Morgan fingerprint density at radius 1 is 0.241 bits per heavy atom. The summed E-state index contributed by atoms with van der Waals surface area (Å²) in [6.07, 6.45) is -12.2. The smallest absolute Gasteiger partial charge is 0.362 e. The van der Waals surface area contributed by atoms with Gasteiger partial charge in [-0.05, 0) is 193 Å². The zero-order chi connectivity index (χ0) is 84.1. The van der Waals surface area contributed by atoms with E-state index in [1.807, 2.05) is 33.8 Å². The van der Waals surface area contributed by atoms with Crippen LogP contribution < -0.4 is 16.7 Å². The van der Waals surface area contributed by atoms with Crippen molar-refractivity contribution in [3.05, 3.63) is 119 Å². The average molecular weight is 1720 g/mol. The fourth-order valence-electron chi connectivity index (χ4n) is 14.9. The van der Waals surface area contributed by atoms with E-state index in [2.05, 4.69) is 0 Å². The molecule has 0 aromatic heterocycles. The molecule has 648 valence electrons. The minimum absolute atomic E-state index is 0.161. The Morgan fingerprint density at radius 3 is 0.664 bits per heavy atom. The highest BCUT2D eigenvalue weighted by Gasteiger charge is 2.66. The van der Waals surface area contributed by atoms with E-state index in [-0.39, 0.29) is 49.4 Å². The molecule has 12 fully saturated rings. The first-order chi connectivity index (χ1) is 53.7. The lowest BCUT2D eigenvalue weighted by Crippen LogP contribution is -2.56. The highest BCUT2D eigenvalue weighted by Crippen LogP contribution is 2.49. The molecule has 0 saturated carbocycles. The first-order valence-electron chi connectivity index (χ1n) is 37.8. The van der Waals surface area contributed by atoms with E-state index in [1.165, 1.54) is 6.07 Å². The Balaban J connectivity index is 0.000000135. The monoisotopic (exact) mass is 1720 g/mol. The van der Waals surface area contributed by atoms with Gasteiger partial charge in [0, 0.05) is 0 Å². The van der Waals surface area contributed by atoms with Gasteiger partial charge in [-0.15, -0.1) is 0 Å². The zero-order valence-corrected chi connectivity index (χ0v) is 71.2. The molecule has 12 saturated heterocycles. The van der Waals surface area contributed by atoms with E-state index in [4.69, 9.17) is 128 Å². The summed E-state index contributed by atoms with van der Waals surface area (Å²) >= 11 is 0. The minimum atomic E-state index is -4.30. The number of rotatable bonds is 20. The lowest BCUT2D eigenvalue weighted by molar-refractivity contribution is -0.238. The van der Waals surface area contributed by atoms with Gasteiger partial charge in [0.2, 0.25) is 0 Å². The van der Waals surface area contributed by atoms with E-state index in [0.29, 0.717) is 0 Å². The third-order valence-electron chi connectivity index (χ3n) is 19.4. The largest absolute Gasteiger partial charge is 0.449 e. The fraction of sp³-hybridized carbons (Fsp3) is 0.684. The molecule has 20 atom stereocenters. The molecule has 0 spiro atoms. The van der Waals surface area contributed by atoms with Crippen molar-refractivity contribution in [3.63, 3.8) is 0 Å². The van der Waals surface area contributed by atoms with Crippen molar-refractivity contribution in [2.75, 3.05) is 26.4 Å². The van der Waals surface area contributed by atoms with Crippen LogP contribution in [0.4, 0.5) is 0 Å². The molecule has 4 aromatic carbocycles. The van der Waals surface area contributed by atoms with Crippen LogP contribution in [0.1, 0.15) is 133 Å². The van der Waals surface area contributed by atoms with E-state index >= 15 is 0 Å². The summed E-state index contributed by atoms with van der Waals surface area (Å²) in [7, 11) is -17.2. The molecule has 0 bridgehead atoms. The highest BCUT2D eigenvalue weighted by molar-refractivity contribution is 7.83. The molecule has 12 aliphatic rings. The second-order valence-corrected chi connectivity index (χ2v) is 38.1. The molecule has 4 aromatic rings. The maximum atomic E-state index is 12.3. The number of benzene rings is 4. The Kier molecular flexibility index (Phi) is 25.2. The van der Waals surface area contributed by atoms with Crippen LogP contribution in [-0.4, -0.2) is 229 Å². The molecule has 0 amide bonds. The molecule has 12 heterocycles.